The second-order valence-electron chi connectivity index (χ2n) is 7.18. The number of anilines is 1. The number of amidine groups is 1. The molecule has 0 saturated carbocycles. The summed E-state index contributed by atoms with van der Waals surface area (Å²) in [5.41, 5.74) is 4.93. The first-order valence-corrected chi connectivity index (χ1v) is 9.99. The van der Waals surface area contributed by atoms with E-state index in [4.69, 9.17) is 11.1 Å². The molecule has 4 N–H and O–H groups in total. The van der Waals surface area contributed by atoms with Crippen LogP contribution >= 0.6 is 0 Å². The first-order chi connectivity index (χ1) is 16.1. The molecule has 2 aromatic rings. The van der Waals surface area contributed by atoms with Crippen LogP contribution in [0.15, 0.2) is 41.5 Å². The number of hydrogen-bond acceptors (Lipinski definition) is 7. The summed E-state index contributed by atoms with van der Waals surface area (Å²) in [5.74, 6) is -3.32. The van der Waals surface area contributed by atoms with E-state index in [2.05, 4.69) is 19.7 Å². The van der Waals surface area contributed by atoms with Crippen LogP contribution in [0.4, 0.5) is 29.3 Å². The van der Waals surface area contributed by atoms with Gasteiger partial charge in [-0.2, -0.15) is 13.8 Å². The maximum Gasteiger partial charge on any atom is 0.387 e. The minimum atomic E-state index is -3.04. The van der Waals surface area contributed by atoms with E-state index in [-0.39, 0.29) is 41.5 Å². The number of benzene rings is 1. The van der Waals surface area contributed by atoms with Gasteiger partial charge in [0, 0.05) is 18.7 Å². The Hall–Kier alpha value is -4.03. The van der Waals surface area contributed by atoms with Crippen molar-refractivity contribution in [3.8, 4) is 5.75 Å². The number of nitrogens with zero attached hydrogens (tertiary/aromatic N) is 4. The zero-order valence-electron chi connectivity index (χ0n) is 17.6. The minimum Gasteiger partial charge on any atom is -0.477 e. The average molecular weight is 480 g/mol. The Labute approximate surface area is 191 Å². The maximum absolute atomic E-state index is 14.3. The summed E-state index contributed by atoms with van der Waals surface area (Å²) in [6.07, 6.45) is 1.56. The molecule has 0 atom stereocenters. The highest BCUT2D eigenvalue weighted by molar-refractivity contribution is 6.53. The van der Waals surface area contributed by atoms with Gasteiger partial charge in [0.2, 0.25) is 5.95 Å². The summed E-state index contributed by atoms with van der Waals surface area (Å²) in [6.45, 7) is -2.36. The molecule has 0 amide bonds. The molecule has 1 aliphatic heterocycles. The van der Waals surface area contributed by atoms with Crippen LogP contribution in [0.2, 0.25) is 0 Å². The second-order valence-corrected chi connectivity index (χ2v) is 7.18. The average Bonchev–Trinajstić information content (AvgIpc) is 2.79. The number of alkyl halides is 3. The number of rotatable bonds is 8. The van der Waals surface area contributed by atoms with Crippen LogP contribution in [0.5, 0.6) is 5.75 Å². The van der Waals surface area contributed by atoms with Crippen LogP contribution < -0.4 is 15.4 Å². The summed E-state index contributed by atoms with van der Waals surface area (Å²) in [7, 11) is 0. The molecule has 0 aliphatic carbocycles. The van der Waals surface area contributed by atoms with Crippen molar-refractivity contribution in [2.24, 2.45) is 10.7 Å². The van der Waals surface area contributed by atoms with Gasteiger partial charge in [0.15, 0.2) is 11.6 Å². The van der Waals surface area contributed by atoms with E-state index >= 15 is 0 Å². The summed E-state index contributed by atoms with van der Waals surface area (Å²) >= 11 is 0. The molecule has 1 aromatic heterocycles. The zero-order valence-corrected chi connectivity index (χ0v) is 17.6. The predicted octanol–water partition coefficient (Wildman–Crippen LogP) is 3.33. The van der Waals surface area contributed by atoms with Crippen LogP contribution in [0.1, 0.15) is 18.4 Å². The van der Waals surface area contributed by atoms with Crippen molar-refractivity contribution >= 4 is 34.9 Å². The zero-order chi connectivity index (χ0) is 24.8. The lowest BCUT2D eigenvalue weighted by atomic mass is 10.0. The molecule has 3 rings (SSSR count). The molecule has 1 aromatic carbocycles. The summed E-state index contributed by atoms with van der Waals surface area (Å²) in [4.78, 5) is 24.8. The number of halogens is 4. The fraction of sp³-hybridized carbons (Fsp3) is 0.286. The van der Waals surface area contributed by atoms with Crippen LogP contribution in [-0.4, -0.2) is 58.5 Å². The number of carboxylic acids is 1. The van der Waals surface area contributed by atoms with Crippen LogP contribution in [0.25, 0.3) is 5.57 Å². The third-order valence-corrected chi connectivity index (χ3v) is 4.82. The summed E-state index contributed by atoms with van der Waals surface area (Å²) in [5, 5.41) is 17.1. The van der Waals surface area contributed by atoms with Gasteiger partial charge in [0.25, 0.3) is 0 Å². The van der Waals surface area contributed by atoms with E-state index in [1.165, 1.54) is 12.1 Å². The number of hydrogen-bond donors (Lipinski definition) is 3. The highest BCUT2D eigenvalue weighted by Gasteiger charge is 2.21. The Morgan fingerprint density at radius 2 is 1.94 bits per heavy atom. The summed E-state index contributed by atoms with van der Waals surface area (Å²) in [6, 6.07) is 4.84. The van der Waals surface area contributed by atoms with Crippen molar-refractivity contribution in [3.63, 3.8) is 0 Å². The fourth-order valence-electron chi connectivity index (χ4n) is 3.16. The first kappa shape index (κ1) is 24.6. The Balaban J connectivity index is 1.92. The highest BCUT2D eigenvalue weighted by Crippen LogP contribution is 2.24. The third kappa shape index (κ3) is 6.27. The van der Waals surface area contributed by atoms with Crippen molar-refractivity contribution < 1.29 is 32.2 Å². The largest absolute Gasteiger partial charge is 0.477 e. The van der Waals surface area contributed by atoms with Crippen LogP contribution in [0.3, 0.4) is 0 Å². The molecule has 0 radical (unpaired) electrons. The van der Waals surface area contributed by atoms with Crippen LogP contribution in [0, 0.1) is 11.2 Å². The number of piperidine rings is 1. The van der Waals surface area contributed by atoms with Crippen molar-refractivity contribution in [1.82, 2.24) is 9.97 Å². The number of aromatic nitrogens is 2. The smallest absolute Gasteiger partial charge is 0.387 e. The standard InChI is InChI=1S/C21H20F4N6O3/c22-12-5-7-31(8-6-12)21-28-10-15(23)18(30-21)29-16(26)9-14(17(27)19(32)33)11-1-3-13(4-2-11)34-20(24)25/h1-4,9-10,12,20,27H,5-8H2,(H,32,33)(H2,26,28,29,30)/b14-9-,27-17?. The molecular formula is C21H20F4N6O3. The topological polar surface area (TPSA) is 138 Å². The Bertz CT molecular complexity index is 1120. The van der Waals surface area contributed by atoms with Crippen molar-refractivity contribution in [2.45, 2.75) is 25.6 Å². The number of aliphatic carboxylic acids is 1. The molecule has 1 fully saturated rings. The van der Waals surface area contributed by atoms with Gasteiger partial charge in [-0.1, -0.05) is 12.1 Å². The first-order valence-electron chi connectivity index (χ1n) is 9.99. The number of carboxylic acid groups (broad SMARTS) is 1. The van der Waals surface area contributed by atoms with Crippen molar-refractivity contribution in [3.05, 3.63) is 47.9 Å². The van der Waals surface area contributed by atoms with Crippen LogP contribution in [-0.2, 0) is 4.79 Å². The molecule has 180 valence electrons. The lowest BCUT2D eigenvalue weighted by molar-refractivity contribution is -0.129. The molecule has 13 heteroatoms. The van der Waals surface area contributed by atoms with E-state index in [9.17, 15) is 27.5 Å². The highest BCUT2D eigenvalue weighted by atomic mass is 19.3. The van der Waals surface area contributed by atoms with Gasteiger partial charge in [0.1, 0.15) is 23.5 Å². The third-order valence-electron chi connectivity index (χ3n) is 4.82. The minimum absolute atomic E-state index is 0.136. The number of aliphatic imine (C=N–C) groups is 1. The number of ether oxygens (including phenoxy) is 1. The van der Waals surface area contributed by atoms with E-state index in [1.54, 1.807) is 4.90 Å². The Morgan fingerprint density at radius 1 is 1.29 bits per heavy atom. The molecule has 0 spiro atoms. The van der Waals surface area contributed by atoms with Gasteiger partial charge in [-0.3, -0.25) is 5.41 Å². The fourth-order valence-corrected chi connectivity index (χ4v) is 3.16. The van der Waals surface area contributed by atoms with Crippen molar-refractivity contribution in [1.29, 1.82) is 5.41 Å². The molecule has 1 aliphatic rings. The Kier molecular flexibility index (Phi) is 7.76. The van der Waals surface area contributed by atoms with Gasteiger partial charge in [-0.05, 0) is 36.6 Å². The molecular weight excluding hydrogens is 460 g/mol. The van der Waals surface area contributed by atoms with Gasteiger partial charge < -0.3 is 20.5 Å². The molecule has 0 bridgehead atoms. The number of nitrogens with one attached hydrogen (secondary N) is 1. The van der Waals surface area contributed by atoms with Crippen molar-refractivity contribution in [2.75, 3.05) is 18.0 Å². The molecule has 2 heterocycles. The van der Waals surface area contributed by atoms with E-state index in [0.717, 1.165) is 24.4 Å². The monoisotopic (exact) mass is 480 g/mol. The molecule has 0 unspecified atom stereocenters. The number of carbonyl (C=O) groups is 1. The lowest BCUT2D eigenvalue weighted by Gasteiger charge is -2.28. The van der Waals surface area contributed by atoms with Gasteiger partial charge in [0.05, 0.1) is 6.20 Å². The summed E-state index contributed by atoms with van der Waals surface area (Å²) < 4.78 is 56.6. The number of nitrogens with two attached hydrogens (primary N) is 1. The van der Waals surface area contributed by atoms with E-state index in [0.29, 0.717) is 13.1 Å². The van der Waals surface area contributed by atoms with Gasteiger partial charge >= 0.3 is 12.6 Å². The normalized spacial score (nSPS) is 15.5. The molecule has 9 nitrogen and oxygen atoms in total. The predicted molar refractivity (Wildman–Crippen MR) is 116 cm³/mol. The SMILES string of the molecule is N=C(C(=O)O)/C(=C\C(N)=Nc1nc(N2CCC(F)CC2)ncc1F)c1ccc(OC(F)F)cc1. The lowest BCUT2D eigenvalue weighted by Crippen LogP contribution is -2.35. The molecule has 1 saturated heterocycles. The van der Waals surface area contributed by atoms with E-state index in [1.807, 2.05) is 0 Å². The Morgan fingerprint density at radius 3 is 2.53 bits per heavy atom. The quantitative estimate of drug-likeness (QED) is 0.299. The maximum atomic E-state index is 14.3. The second kappa shape index (κ2) is 10.7. The van der Waals surface area contributed by atoms with Gasteiger partial charge in [-0.15, -0.1) is 0 Å². The molecule has 34 heavy (non-hydrogen) atoms. The van der Waals surface area contributed by atoms with Gasteiger partial charge in [-0.25, -0.2) is 23.6 Å². The van der Waals surface area contributed by atoms with E-state index < -0.39 is 36.1 Å².